The SMILES string of the molecule is CC(C)(O)[C@]1([Si](C)(C)c2ccccc2)CO1. The Hall–Kier alpha value is -0.643. The highest BCUT2D eigenvalue weighted by atomic mass is 28.3. The van der Waals surface area contributed by atoms with E-state index >= 15 is 0 Å². The zero-order valence-electron chi connectivity index (χ0n) is 10.4. The lowest BCUT2D eigenvalue weighted by Gasteiger charge is -2.38. The van der Waals surface area contributed by atoms with E-state index in [0.717, 1.165) is 0 Å². The van der Waals surface area contributed by atoms with Gasteiger partial charge in [-0.3, -0.25) is 0 Å². The van der Waals surface area contributed by atoms with E-state index in [0.29, 0.717) is 6.61 Å². The first-order chi connectivity index (χ1) is 7.31. The molecule has 0 radical (unpaired) electrons. The van der Waals surface area contributed by atoms with Crippen molar-refractivity contribution in [2.45, 2.75) is 37.8 Å². The third-order valence-corrected chi connectivity index (χ3v) is 8.62. The Kier molecular flexibility index (Phi) is 2.53. The predicted octanol–water partition coefficient (Wildman–Crippen LogP) is 1.68. The van der Waals surface area contributed by atoms with Crippen LogP contribution in [0.5, 0.6) is 0 Å². The van der Waals surface area contributed by atoms with Crippen LogP contribution in [0.15, 0.2) is 30.3 Å². The molecule has 1 atom stereocenters. The number of epoxide rings is 1. The van der Waals surface area contributed by atoms with Gasteiger partial charge >= 0.3 is 0 Å². The fraction of sp³-hybridized carbons (Fsp3) is 0.538. The predicted molar refractivity (Wildman–Crippen MR) is 68.5 cm³/mol. The van der Waals surface area contributed by atoms with Crippen molar-refractivity contribution in [3.8, 4) is 0 Å². The zero-order chi connectivity index (χ0) is 12.0. The Morgan fingerprint density at radius 3 is 2.12 bits per heavy atom. The van der Waals surface area contributed by atoms with Gasteiger partial charge < -0.3 is 9.84 Å². The monoisotopic (exact) mass is 236 g/mol. The first-order valence-corrected chi connectivity index (χ1v) is 8.73. The molecule has 1 fully saturated rings. The van der Waals surface area contributed by atoms with Gasteiger partial charge in [0.25, 0.3) is 0 Å². The van der Waals surface area contributed by atoms with E-state index in [1.807, 2.05) is 19.9 Å². The molecule has 0 amide bonds. The zero-order valence-corrected chi connectivity index (χ0v) is 11.4. The minimum atomic E-state index is -1.80. The average Bonchev–Trinajstić information content (AvgIpc) is 2.98. The maximum atomic E-state index is 10.3. The molecule has 0 bridgehead atoms. The highest BCUT2D eigenvalue weighted by Crippen LogP contribution is 2.45. The van der Waals surface area contributed by atoms with E-state index in [2.05, 4.69) is 37.4 Å². The number of hydrogen-bond acceptors (Lipinski definition) is 2. The van der Waals surface area contributed by atoms with Crippen molar-refractivity contribution in [3.63, 3.8) is 0 Å². The van der Waals surface area contributed by atoms with Gasteiger partial charge in [-0.15, -0.1) is 0 Å². The van der Waals surface area contributed by atoms with Gasteiger partial charge in [0.1, 0.15) is 13.3 Å². The van der Waals surface area contributed by atoms with Gasteiger partial charge in [-0.25, -0.2) is 0 Å². The van der Waals surface area contributed by atoms with Crippen molar-refractivity contribution in [1.29, 1.82) is 0 Å². The van der Waals surface area contributed by atoms with Crippen LogP contribution in [0.1, 0.15) is 13.8 Å². The van der Waals surface area contributed by atoms with Gasteiger partial charge in [-0.1, -0.05) is 48.6 Å². The molecule has 88 valence electrons. The van der Waals surface area contributed by atoms with Crippen molar-refractivity contribution in [3.05, 3.63) is 30.3 Å². The molecule has 1 N–H and O–H groups in total. The van der Waals surface area contributed by atoms with Crippen molar-refractivity contribution in [2.24, 2.45) is 0 Å². The number of benzene rings is 1. The fourth-order valence-corrected chi connectivity index (χ4v) is 6.45. The van der Waals surface area contributed by atoms with Gasteiger partial charge in [0.2, 0.25) is 0 Å². The van der Waals surface area contributed by atoms with Gasteiger partial charge in [-0.2, -0.15) is 0 Å². The molecule has 0 unspecified atom stereocenters. The Morgan fingerprint density at radius 1 is 1.25 bits per heavy atom. The molecular formula is C13H20O2Si. The third kappa shape index (κ3) is 1.54. The van der Waals surface area contributed by atoms with Gasteiger partial charge in [0.15, 0.2) is 0 Å². The van der Waals surface area contributed by atoms with Crippen LogP contribution >= 0.6 is 0 Å². The molecule has 0 aliphatic carbocycles. The summed E-state index contributed by atoms with van der Waals surface area (Å²) in [7, 11) is -1.80. The Morgan fingerprint density at radius 2 is 1.75 bits per heavy atom. The Balaban J connectivity index is 2.41. The molecule has 1 aliphatic heterocycles. The van der Waals surface area contributed by atoms with E-state index in [-0.39, 0.29) is 5.22 Å². The molecule has 1 aromatic rings. The van der Waals surface area contributed by atoms with Crippen molar-refractivity contribution in [1.82, 2.24) is 0 Å². The van der Waals surface area contributed by atoms with E-state index in [1.54, 1.807) is 0 Å². The molecule has 0 aromatic heterocycles. The smallest absolute Gasteiger partial charge is 0.124 e. The van der Waals surface area contributed by atoms with Crippen LogP contribution < -0.4 is 5.19 Å². The summed E-state index contributed by atoms with van der Waals surface area (Å²) >= 11 is 0. The van der Waals surface area contributed by atoms with Crippen LogP contribution in [0.3, 0.4) is 0 Å². The van der Waals surface area contributed by atoms with Crippen LogP contribution in [0.4, 0.5) is 0 Å². The second-order valence-corrected chi connectivity index (χ2v) is 10.3. The molecule has 2 rings (SSSR count). The van der Waals surface area contributed by atoms with Crippen LogP contribution in [0.2, 0.25) is 13.1 Å². The molecule has 1 heterocycles. The Bertz CT molecular complexity index is 375. The first-order valence-electron chi connectivity index (χ1n) is 5.73. The van der Waals surface area contributed by atoms with Crippen LogP contribution in [-0.4, -0.2) is 30.6 Å². The van der Waals surface area contributed by atoms with E-state index in [9.17, 15) is 5.11 Å². The molecule has 3 heteroatoms. The summed E-state index contributed by atoms with van der Waals surface area (Å²) in [4.78, 5) is 0. The minimum Gasteiger partial charge on any atom is -0.388 e. The lowest BCUT2D eigenvalue weighted by molar-refractivity contribution is 0.0263. The van der Waals surface area contributed by atoms with Gasteiger partial charge in [-0.05, 0) is 13.8 Å². The van der Waals surface area contributed by atoms with E-state index in [1.165, 1.54) is 5.19 Å². The normalized spacial score (nSPS) is 25.6. The van der Waals surface area contributed by atoms with Crippen molar-refractivity contribution >= 4 is 13.3 Å². The topological polar surface area (TPSA) is 32.8 Å². The summed E-state index contributed by atoms with van der Waals surface area (Å²) in [5.41, 5.74) is -0.765. The summed E-state index contributed by atoms with van der Waals surface area (Å²) in [5, 5.41) is 11.3. The van der Waals surface area contributed by atoms with E-state index in [4.69, 9.17) is 4.74 Å². The summed E-state index contributed by atoms with van der Waals surface area (Å²) in [6.45, 7) is 8.95. The Labute approximate surface area is 98.3 Å². The number of rotatable bonds is 3. The first kappa shape index (κ1) is 11.8. The van der Waals surface area contributed by atoms with Crippen LogP contribution in [0.25, 0.3) is 0 Å². The second-order valence-electron chi connectivity index (χ2n) is 5.67. The maximum Gasteiger partial charge on any atom is 0.124 e. The lowest BCUT2D eigenvalue weighted by Crippen LogP contribution is -2.64. The third-order valence-electron chi connectivity index (χ3n) is 3.93. The second kappa shape index (κ2) is 3.42. The molecule has 1 aliphatic rings. The molecule has 1 aromatic carbocycles. The van der Waals surface area contributed by atoms with Crippen LogP contribution in [0, 0.1) is 0 Å². The number of aliphatic hydroxyl groups is 1. The lowest BCUT2D eigenvalue weighted by atomic mass is 10.1. The molecule has 16 heavy (non-hydrogen) atoms. The molecular weight excluding hydrogens is 216 g/mol. The summed E-state index contributed by atoms with van der Waals surface area (Å²) < 4.78 is 5.69. The summed E-state index contributed by atoms with van der Waals surface area (Å²) in [5.74, 6) is 0. The molecule has 0 saturated carbocycles. The van der Waals surface area contributed by atoms with Crippen molar-refractivity contribution < 1.29 is 9.84 Å². The average molecular weight is 236 g/mol. The highest BCUT2D eigenvalue weighted by Gasteiger charge is 2.66. The standard InChI is InChI=1S/C13H20O2Si/c1-12(2,14)13(10-15-13)16(3,4)11-8-6-5-7-9-11/h5-9,14H,10H2,1-4H3/t13-/m1/s1. The molecule has 0 spiro atoms. The van der Waals surface area contributed by atoms with E-state index < -0.39 is 13.7 Å². The number of hydrogen-bond donors (Lipinski definition) is 1. The van der Waals surface area contributed by atoms with Crippen molar-refractivity contribution in [2.75, 3.05) is 6.61 Å². The molecule has 1 saturated heterocycles. The van der Waals surface area contributed by atoms with Gasteiger partial charge in [0.05, 0.1) is 12.2 Å². The molecule has 2 nitrogen and oxygen atoms in total. The minimum absolute atomic E-state index is 0.318. The quantitative estimate of drug-likeness (QED) is 0.640. The largest absolute Gasteiger partial charge is 0.388 e. The number of ether oxygens (including phenoxy) is 1. The maximum absolute atomic E-state index is 10.3. The summed E-state index contributed by atoms with van der Waals surface area (Å²) in [6, 6.07) is 10.5. The van der Waals surface area contributed by atoms with Gasteiger partial charge in [0, 0.05) is 0 Å². The fourth-order valence-electron chi connectivity index (χ4n) is 2.64. The van der Waals surface area contributed by atoms with Crippen LogP contribution in [-0.2, 0) is 4.74 Å². The summed E-state index contributed by atoms with van der Waals surface area (Å²) in [6.07, 6.45) is 0. The highest BCUT2D eigenvalue weighted by molar-refractivity contribution is 6.93.